The van der Waals surface area contributed by atoms with Gasteiger partial charge in [-0.3, -0.25) is 0 Å². The molecule has 0 aliphatic carbocycles. The normalized spacial score (nSPS) is 19.0. The van der Waals surface area contributed by atoms with E-state index in [1.54, 1.807) is 7.05 Å². The van der Waals surface area contributed by atoms with Gasteiger partial charge in [-0.15, -0.1) is 10.2 Å². The number of ether oxygens (including phenoxy) is 1. The Kier molecular flexibility index (Phi) is 4.97. The molecule has 1 saturated heterocycles. The molecule has 3 rings (SSSR count). The molecule has 7 nitrogen and oxygen atoms in total. The van der Waals surface area contributed by atoms with Gasteiger partial charge >= 0.3 is 6.03 Å². The maximum Gasteiger partial charge on any atom is 0.328 e. The number of alkyl halides is 1. The van der Waals surface area contributed by atoms with Gasteiger partial charge in [0.05, 0.1) is 6.54 Å². The number of aromatic nitrogens is 2. The van der Waals surface area contributed by atoms with Gasteiger partial charge in [0.1, 0.15) is 11.6 Å². The summed E-state index contributed by atoms with van der Waals surface area (Å²) in [5, 5.41) is 19.3. The van der Waals surface area contributed by atoms with Crippen LogP contribution in [0.2, 0.25) is 0 Å². The first-order chi connectivity index (χ1) is 11.5. The lowest BCUT2D eigenvalue weighted by atomic mass is 10.3. The highest BCUT2D eigenvalue weighted by atomic mass is 79.9. The van der Waals surface area contributed by atoms with Crippen LogP contribution in [0.5, 0.6) is 5.75 Å². The standard InChI is InChI=1S/C14H14BrFN4O3S/c1-19-7-11(21)20(14(19)22)13-18-17-12(24-13)10(6-15)23-9-4-2-8(16)3-5-9/h2-5,10-11,21H,6-7H2,1H3. The van der Waals surface area contributed by atoms with Gasteiger partial charge in [0.25, 0.3) is 0 Å². The van der Waals surface area contributed by atoms with E-state index < -0.39 is 12.3 Å². The molecule has 2 amide bonds. The van der Waals surface area contributed by atoms with E-state index in [2.05, 4.69) is 26.1 Å². The second-order valence-corrected chi connectivity index (χ2v) is 6.79. The summed E-state index contributed by atoms with van der Waals surface area (Å²) in [6.07, 6.45) is -1.40. The molecule has 24 heavy (non-hydrogen) atoms. The lowest BCUT2D eigenvalue weighted by Gasteiger charge is -2.15. The molecule has 1 aliphatic heterocycles. The number of amides is 2. The van der Waals surface area contributed by atoms with Gasteiger partial charge in [0.15, 0.2) is 17.3 Å². The van der Waals surface area contributed by atoms with Gasteiger partial charge in [0.2, 0.25) is 5.13 Å². The predicted molar refractivity (Wildman–Crippen MR) is 90.0 cm³/mol. The summed E-state index contributed by atoms with van der Waals surface area (Å²) in [5.74, 6) is 0.149. The molecule has 128 valence electrons. The SMILES string of the molecule is CN1CC(O)N(c2nnc(C(CBr)Oc3ccc(F)cc3)s2)C1=O. The van der Waals surface area contributed by atoms with E-state index in [1.807, 2.05) is 0 Å². The van der Waals surface area contributed by atoms with E-state index in [-0.39, 0.29) is 18.4 Å². The summed E-state index contributed by atoms with van der Waals surface area (Å²) in [4.78, 5) is 14.6. The van der Waals surface area contributed by atoms with Gasteiger partial charge in [-0.1, -0.05) is 27.3 Å². The molecule has 2 heterocycles. The zero-order chi connectivity index (χ0) is 17.3. The molecule has 1 fully saturated rings. The number of halogens is 2. The summed E-state index contributed by atoms with van der Waals surface area (Å²) in [5.41, 5.74) is 0. The first-order valence-electron chi connectivity index (χ1n) is 7.03. The number of aliphatic hydroxyl groups excluding tert-OH is 1. The second kappa shape index (κ2) is 6.99. The number of carbonyl (C=O) groups is 1. The third kappa shape index (κ3) is 3.35. The number of likely N-dealkylation sites (N-methyl/N-ethyl adjacent to an activating group) is 1. The Labute approximate surface area is 149 Å². The number of nitrogens with zero attached hydrogens (tertiary/aromatic N) is 4. The van der Waals surface area contributed by atoms with E-state index in [9.17, 15) is 14.3 Å². The molecule has 1 N–H and O–H groups in total. The number of benzene rings is 1. The van der Waals surface area contributed by atoms with Crippen molar-refractivity contribution in [1.82, 2.24) is 15.1 Å². The topological polar surface area (TPSA) is 78.8 Å². The van der Waals surface area contributed by atoms with Crippen LogP contribution in [0.25, 0.3) is 0 Å². The maximum absolute atomic E-state index is 13.0. The van der Waals surface area contributed by atoms with Crippen LogP contribution in [0.3, 0.4) is 0 Å². The minimum Gasteiger partial charge on any atom is -0.482 e. The Hall–Kier alpha value is -1.78. The van der Waals surface area contributed by atoms with Gasteiger partial charge < -0.3 is 14.7 Å². The second-order valence-electron chi connectivity index (χ2n) is 5.15. The first kappa shape index (κ1) is 17.1. The van der Waals surface area contributed by atoms with E-state index in [1.165, 1.54) is 34.1 Å². The lowest BCUT2D eigenvalue weighted by molar-refractivity contribution is 0.183. The van der Waals surface area contributed by atoms with Crippen LogP contribution in [0, 0.1) is 5.82 Å². The van der Waals surface area contributed by atoms with Crippen molar-refractivity contribution in [3.63, 3.8) is 0 Å². The van der Waals surface area contributed by atoms with E-state index in [0.717, 1.165) is 11.3 Å². The summed E-state index contributed by atoms with van der Waals surface area (Å²) in [6.45, 7) is 0.210. The average molecular weight is 417 g/mol. The Balaban J connectivity index is 1.78. The van der Waals surface area contributed by atoms with Crippen LogP contribution in [0.4, 0.5) is 14.3 Å². The summed E-state index contributed by atoms with van der Waals surface area (Å²) >= 11 is 4.51. The number of hydrogen-bond donors (Lipinski definition) is 1. The smallest absolute Gasteiger partial charge is 0.328 e. The Morgan fingerprint density at radius 3 is 2.75 bits per heavy atom. The zero-order valence-corrected chi connectivity index (χ0v) is 15.0. The van der Waals surface area contributed by atoms with Gasteiger partial charge in [-0.25, -0.2) is 14.1 Å². The van der Waals surface area contributed by atoms with Gasteiger partial charge in [0, 0.05) is 12.4 Å². The third-order valence-electron chi connectivity index (χ3n) is 3.41. The van der Waals surface area contributed by atoms with Crippen molar-refractivity contribution in [1.29, 1.82) is 0 Å². The number of aliphatic hydroxyl groups is 1. The quantitative estimate of drug-likeness (QED) is 0.756. The average Bonchev–Trinajstić information content (AvgIpc) is 3.12. The number of carbonyl (C=O) groups excluding carboxylic acids is 1. The number of urea groups is 1. The van der Waals surface area contributed by atoms with Gasteiger partial charge in [-0.2, -0.15) is 0 Å². The molecule has 2 unspecified atom stereocenters. The Bertz CT molecular complexity index is 729. The van der Waals surface area contributed by atoms with Crippen molar-refractivity contribution in [2.45, 2.75) is 12.3 Å². The molecule has 2 aromatic rings. The molecule has 1 aromatic carbocycles. The molecular formula is C14H14BrFN4O3S. The zero-order valence-electron chi connectivity index (χ0n) is 12.6. The number of hydrogen-bond acceptors (Lipinski definition) is 6. The molecular weight excluding hydrogens is 403 g/mol. The number of anilines is 1. The summed E-state index contributed by atoms with van der Waals surface area (Å²) in [6, 6.07) is 5.33. The summed E-state index contributed by atoms with van der Waals surface area (Å²) in [7, 11) is 1.60. The number of rotatable bonds is 5. The fraction of sp³-hybridized carbons (Fsp3) is 0.357. The van der Waals surface area contributed by atoms with Crippen molar-refractivity contribution in [2.75, 3.05) is 23.8 Å². The monoisotopic (exact) mass is 416 g/mol. The molecule has 0 radical (unpaired) electrons. The molecule has 1 aliphatic rings. The molecule has 0 spiro atoms. The van der Waals surface area contributed by atoms with Crippen molar-refractivity contribution in [3.8, 4) is 5.75 Å². The van der Waals surface area contributed by atoms with E-state index in [0.29, 0.717) is 21.2 Å². The maximum atomic E-state index is 13.0. The fourth-order valence-electron chi connectivity index (χ4n) is 2.20. The largest absolute Gasteiger partial charge is 0.482 e. The van der Waals surface area contributed by atoms with Gasteiger partial charge in [-0.05, 0) is 24.3 Å². The highest BCUT2D eigenvalue weighted by Gasteiger charge is 2.37. The van der Waals surface area contributed by atoms with Crippen LogP contribution >= 0.6 is 27.3 Å². The van der Waals surface area contributed by atoms with E-state index in [4.69, 9.17) is 4.74 Å². The van der Waals surface area contributed by atoms with Crippen LogP contribution in [0.1, 0.15) is 11.1 Å². The van der Waals surface area contributed by atoms with Crippen LogP contribution in [-0.4, -0.2) is 51.4 Å². The van der Waals surface area contributed by atoms with Crippen molar-refractivity contribution in [2.24, 2.45) is 0 Å². The molecule has 2 atom stereocenters. The number of β-amino-alcohol motifs (C(OH)–C–C–N with tert-alkyl or cyclic N) is 1. The fourth-order valence-corrected chi connectivity index (χ4v) is 3.77. The Morgan fingerprint density at radius 2 is 2.17 bits per heavy atom. The predicted octanol–water partition coefficient (Wildman–Crippen LogP) is 2.38. The minimum atomic E-state index is -0.955. The van der Waals surface area contributed by atoms with Crippen LogP contribution < -0.4 is 9.64 Å². The van der Waals surface area contributed by atoms with Crippen LogP contribution in [0.15, 0.2) is 24.3 Å². The Morgan fingerprint density at radius 1 is 1.46 bits per heavy atom. The summed E-state index contributed by atoms with van der Waals surface area (Å²) < 4.78 is 18.7. The van der Waals surface area contributed by atoms with Crippen LogP contribution in [-0.2, 0) is 0 Å². The van der Waals surface area contributed by atoms with Crippen molar-refractivity contribution >= 4 is 38.4 Å². The molecule has 0 bridgehead atoms. The highest BCUT2D eigenvalue weighted by Crippen LogP contribution is 2.32. The lowest BCUT2D eigenvalue weighted by Crippen LogP contribution is -2.34. The minimum absolute atomic E-state index is 0.210. The molecule has 0 saturated carbocycles. The first-order valence-corrected chi connectivity index (χ1v) is 8.97. The van der Waals surface area contributed by atoms with Crippen molar-refractivity contribution < 1.29 is 19.0 Å². The van der Waals surface area contributed by atoms with E-state index >= 15 is 0 Å². The molecule has 1 aromatic heterocycles. The molecule has 10 heteroatoms. The third-order valence-corrected chi connectivity index (χ3v) is 5.01. The van der Waals surface area contributed by atoms with Crippen molar-refractivity contribution in [3.05, 3.63) is 35.1 Å². The highest BCUT2D eigenvalue weighted by molar-refractivity contribution is 9.09.